The highest BCUT2D eigenvalue weighted by atomic mass is 15.0. The molecule has 15 heavy (non-hydrogen) atoms. The first-order valence-corrected chi connectivity index (χ1v) is 6.46. The van der Waals surface area contributed by atoms with E-state index in [9.17, 15) is 0 Å². The van der Waals surface area contributed by atoms with E-state index in [1.807, 2.05) is 0 Å². The Morgan fingerprint density at radius 3 is 2.07 bits per heavy atom. The third kappa shape index (κ3) is 6.19. The third-order valence-corrected chi connectivity index (χ3v) is 2.99. The van der Waals surface area contributed by atoms with Gasteiger partial charge in [0.2, 0.25) is 0 Å². The summed E-state index contributed by atoms with van der Waals surface area (Å²) in [6.45, 7) is 14.0. The van der Waals surface area contributed by atoms with Crippen LogP contribution < -0.4 is 5.32 Å². The van der Waals surface area contributed by atoms with E-state index in [4.69, 9.17) is 0 Å². The zero-order valence-corrected chi connectivity index (χ0v) is 11.5. The maximum absolute atomic E-state index is 3.78. The molecule has 1 heteroatoms. The fourth-order valence-corrected chi connectivity index (χ4v) is 2.96. The minimum atomic E-state index is 0.270. The van der Waals surface area contributed by atoms with E-state index < -0.39 is 0 Å². The summed E-state index contributed by atoms with van der Waals surface area (Å²) in [5.74, 6) is 1.03. The van der Waals surface area contributed by atoms with Crippen LogP contribution in [0.1, 0.15) is 67.2 Å². The molecular weight excluding hydrogens is 182 g/mol. The van der Waals surface area contributed by atoms with Crippen molar-refractivity contribution >= 4 is 0 Å². The van der Waals surface area contributed by atoms with Crippen LogP contribution in [-0.4, -0.2) is 11.6 Å². The van der Waals surface area contributed by atoms with Gasteiger partial charge in [-0.25, -0.2) is 0 Å². The molecular formula is C14H29N. The summed E-state index contributed by atoms with van der Waals surface area (Å²) in [4.78, 5) is 0. The third-order valence-electron chi connectivity index (χ3n) is 2.99. The summed E-state index contributed by atoms with van der Waals surface area (Å²) >= 11 is 0. The molecule has 1 unspecified atom stereocenters. The summed E-state index contributed by atoms with van der Waals surface area (Å²) in [6, 6.07) is 0.676. The Kier molecular flexibility index (Phi) is 3.86. The van der Waals surface area contributed by atoms with Gasteiger partial charge in [-0.15, -0.1) is 0 Å². The van der Waals surface area contributed by atoms with Crippen LogP contribution in [0.2, 0.25) is 0 Å². The van der Waals surface area contributed by atoms with Crippen LogP contribution in [0.3, 0.4) is 0 Å². The van der Waals surface area contributed by atoms with Crippen molar-refractivity contribution in [1.29, 1.82) is 0 Å². The second-order valence-electron chi connectivity index (χ2n) is 7.35. The molecule has 0 spiro atoms. The van der Waals surface area contributed by atoms with Crippen LogP contribution in [0.15, 0.2) is 0 Å². The zero-order valence-electron chi connectivity index (χ0n) is 11.5. The van der Waals surface area contributed by atoms with E-state index in [0.717, 1.165) is 5.92 Å². The standard InChI is InChI=1S/C14H29N/c1-11(9-12-7-8-12)15-14(5,6)10-13(2,3)4/h11-12,15H,7-10H2,1-6H3. The highest BCUT2D eigenvalue weighted by Crippen LogP contribution is 2.34. The molecule has 1 aliphatic carbocycles. The highest BCUT2D eigenvalue weighted by Gasteiger charge is 2.29. The summed E-state index contributed by atoms with van der Waals surface area (Å²) in [5, 5.41) is 3.78. The number of nitrogens with one attached hydrogen (secondary N) is 1. The maximum atomic E-state index is 3.78. The summed E-state index contributed by atoms with van der Waals surface area (Å²) < 4.78 is 0. The van der Waals surface area contributed by atoms with Crippen molar-refractivity contribution in [3.63, 3.8) is 0 Å². The van der Waals surface area contributed by atoms with Gasteiger partial charge in [0.15, 0.2) is 0 Å². The van der Waals surface area contributed by atoms with Crippen LogP contribution in [0.5, 0.6) is 0 Å². The van der Waals surface area contributed by atoms with Crippen molar-refractivity contribution in [2.45, 2.75) is 78.8 Å². The Morgan fingerprint density at radius 1 is 1.13 bits per heavy atom. The van der Waals surface area contributed by atoms with Crippen LogP contribution in [0.4, 0.5) is 0 Å². The lowest BCUT2D eigenvalue weighted by Gasteiger charge is -2.36. The van der Waals surface area contributed by atoms with E-state index >= 15 is 0 Å². The van der Waals surface area contributed by atoms with E-state index in [-0.39, 0.29) is 5.54 Å². The lowest BCUT2D eigenvalue weighted by Crippen LogP contribution is -2.47. The van der Waals surface area contributed by atoms with Gasteiger partial charge in [-0.3, -0.25) is 0 Å². The van der Waals surface area contributed by atoms with E-state index in [1.165, 1.54) is 25.7 Å². The van der Waals surface area contributed by atoms with E-state index in [0.29, 0.717) is 11.5 Å². The smallest absolute Gasteiger partial charge is 0.0132 e. The normalized spacial score (nSPS) is 20.4. The first-order chi connectivity index (χ1) is 6.68. The van der Waals surface area contributed by atoms with Gasteiger partial charge in [-0.05, 0) is 44.9 Å². The summed E-state index contributed by atoms with van der Waals surface area (Å²) in [6.07, 6.45) is 5.53. The molecule has 0 aromatic heterocycles. The van der Waals surface area contributed by atoms with Gasteiger partial charge in [0.25, 0.3) is 0 Å². The first-order valence-electron chi connectivity index (χ1n) is 6.46. The van der Waals surface area contributed by atoms with Crippen molar-refractivity contribution in [2.24, 2.45) is 11.3 Å². The van der Waals surface area contributed by atoms with Gasteiger partial charge in [0.1, 0.15) is 0 Å². The molecule has 1 atom stereocenters. The lowest BCUT2D eigenvalue weighted by atomic mass is 9.81. The lowest BCUT2D eigenvalue weighted by molar-refractivity contribution is 0.221. The Balaban J connectivity index is 2.32. The molecule has 0 aromatic carbocycles. The Morgan fingerprint density at radius 2 is 1.67 bits per heavy atom. The van der Waals surface area contributed by atoms with Crippen LogP contribution >= 0.6 is 0 Å². The van der Waals surface area contributed by atoms with Crippen LogP contribution in [0.25, 0.3) is 0 Å². The summed E-state index contributed by atoms with van der Waals surface area (Å²) in [5.41, 5.74) is 0.683. The van der Waals surface area contributed by atoms with Gasteiger partial charge in [0, 0.05) is 11.6 Å². The van der Waals surface area contributed by atoms with Crippen molar-refractivity contribution in [2.75, 3.05) is 0 Å². The predicted molar refractivity (Wildman–Crippen MR) is 68.1 cm³/mol. The second-order valence-corrected chi connectivity index (χ2v) is 7.35. The average molecular weight is 211 g/mol. The van der Waals surface area contributed by atoms with Crippen LogP contribution in [-0.2, 0) is 0 Å². The molecule has 1 aliphatic rings. The van der Waals surface area contributed by atoms with Crippen molar-refractivity contribution in [3.05, 3.63) is 0 Å². The number of rotatable bonds is 5. The van der Waals surface area contributed by atoms with Gasteiger partial charge >= 0.3 is 0 Å². The predicted octanol–water partition coefficient (Wildman–Crippen LogP) is 3.98. The number of hydrogen-bond donors (Lipinski definition) is 1. The van der Waals surface area contributed by atoms with Crippen molar-refractivity contribution in [1.82, 2.24) is 5.32 Å². The molecule has 0 aliphatic heterocycles. The molecule has 0 bridgehead atoms. The Bertz CT molecular complexity index is 196. The van der Waals surface area contributed by atoms with E-state index in [1.54, 1.807) is 0 Å². The molecule has 0 radical (unpaired) electrons. The van der Waals surface area contributed by atoms with Gasteiger partial charge in [-0.2, -0.15) is 0 Å². The molecule has 0 heterocycles. The largest absolute Gasteiger partial charge is 0.309 e. The van der Waals surface area contributed by atoms with Crippen molar-refractivity contribution < 1.29 is 0 Å². The first kappa shape index (κ1) is 13.0. The highest BCUT2D eigenvalue weighted by molar-refractivity contribution is 4.87. The fraction of sp³-hybridized carbons (Fsp3) is 1.00. The van der Waals surface area contributed by atoms with E-state index in [2.05, 4.69) is 46.9 Å². The molecule has 1 N–H and O–H groups in total. The Hall–Kier alpha value is -0.0400. The Labute approximate surface area is 96.0 Å². The molecule has 1 fully saturated rings. The van der Waals surface area contributed by atoms with Crippen molar-refractivity contribution in [3.8, 4) is 0 Å². The van der Waals surface area contributed by atoms with Gasteiger partial charge < -0.3 is 5.32 Å². The van der Waals surface area contributed by atoms with Gasteiger partial charge in [0.05, 0.1) is 0 Å². The fourth-order valence-electron chi connectivity index (χ4n) is 2.96. The topological polar surface area (TPSA) is 12.0 Å². The monoisotopic (exact) mass is 211 g/mol. The molecule has 1 rings (SSSR count). The molecule has 1 nitrogen and oxygen atoms in total. The molecule has 90 valence electrons. The molecule has 0 aromatic rings. The maximum Gasteiger partial charge on any atom is 0.0132 e. The minimum Gasteiger partial charge on any atom is -0.309 e. The number of hydrogen-bond acceptors (Lipinski definition) is 1. The van der Waals surface area contributed by atoms with Crippen LogP contribution in [0, 0.1) is 11.3 Å². The molecule has 1 saturated carbocycles. The summed E-state index contributed by atoms with van der Waals surface area (Å²) in [7, 11) is 0. The quantitative estimate of drug-likeness (QED) is 0.725. The molecule has 0 amide bonds. The average Bonchev–Trinajstić information content (AvgIpc) is 2.61. The minimum absolute atomic E-state index is 0.270. The van der Waals surface area contributed by atoms with Gasteiger partial charge in [-0.1, -0.05) is 33.6 Å². The zero-order chi connectivity index (χ0) is 11.7. The second kappa shape index (κ2) is 4.45. The molecule has 0 saturated heterocycles. The SMILES string of the molecule is CC(CC1CC1)NC(C)(C)CC(C)(C)C.